The molecule has 0 unspecified atom stereocenters. The molecule has 19 heavy (non-hydrogen) atoms. The molecule has 4 nitrogen and oxygen atoms in total. The van der Waals surface area contributed by atoms with Crippen molar-refractivity contribution in [3.05, 3.63) is 65.7 Å². The van der Waals surface area contributed by atoms with Crippen molar-refractivity contribution in [3.8, 4) is 6.07 Å². The van der Waals surface area contributed by atoms with E-state index in [-0.39, 0.29) is 5.75 Å². The molecule has 0 radical (unpaired) electrons. The molecule has 0 saturated carbocycles. The molecule has 0 amide bonds. The number of hydrogen-bond acceptors (Lipinski definition) is 3. The smallest absolute Gasteiger partial charge is 0.236 e. The maximum atomic E-state index is 12.0. The lowest BCUT2D eigenvalue weighted by Gasteiger charge is -2.09. The monoisotopic (exact) mass is 272 g/mol. The average Bonchev–Trinajstić information content (AvgIpc) is 2.39. The first-order valence-electron chi connectivity index (χ1n) is 5.64. The summed E-state index contributed by atoms with van der Waals surface area (Å²) in [5.41, 5.74) is 1.31. The molecule has 0 aliphatic rings. The Labute approximate surface area is 112 Å². The number of para-hydroxylation sites is 1. The molecule has 0 bridgehead atoms. The van der Waals surface area contributed by atoms with Gasteiger partial charge in [0.15, 0.2) is 0 Å². The van der Waals surface area contributed by atoms with E-state index in [1.807, 2.05) is 12.1 Å². The quantitative estimate of drug-likeness (QED) is 0.929. The summed E-state index contributed by atoms with van der Waals surface area (Å²) in [7, 11) is -3.52. The lowest BCUT2D eigenvalue weighted by atomic mass is 10.2. The van der Waals surface area contributed by atoms with Gasteiger partial charge >= 0.3 is 0 Å². The largest absolute Gasteiger partial charge is 0.282 e. The number of benzene rings is 2. The van der Waals surface area contributed by atoms with Crippen molar-refractivity contribution in [2.24, 2.45) is 0 Å². The van der Waals surface area contributed by atoms with E-state index in [9.17, 15) is 8.42 Å². The van der Waals surface area contributed by atoms with Gasteiger partial charge in [0, 0.05) is 0 Å². The first-order valence-corrected chi connectivity index (χ1v) is 7.29. The van der Waals surface area contributed by atoms with Crippen molar-refractivity contribution in [3.63, 3.8) is 0 Å². The Morgan fingerprint density at radius 2 is 1.63 bits per heavy atom. The minimum atomic E-state index is -3.52. The van der Waals surface area contributed by atoms with Crippen LogP contribution < -0.4 is 4.72 Å². The van der Waals surface area contributed by atoms with E-state index in [1.54, 1.807) is 48.5 Å². The maximum Gasteiger partial charge on any atom is 0.236 e. The van der Waals surface area contributed by atoms with Gasteiger partial charge in [-0.2, -0.15) is 5.26 Å². The zero-order chi connectivity index (χ0) is 13.7. The van der Waals surface area contributed by atoms with Crippen molar-refractivity contribution >= 4 is 15.7 Å². The molecule has 5 heteroatoms. The minimum absolute atomic E-state index is 0.117. The van der Waals surface area contributed by atoms with Crippen molar-refractivity contribution in [1.29, 1.82) is 5.26 Å². The van der Waals surface area contributed by atoms with E-state index < -0.39 is 10.0 Å². The lowest BCUT2D eigenvalue weighted by molar-refractivity contribution is 0.600. The first kappa shape index (κ1) is 13.1. The molecule has 0 aliphatic heterocycles. The molecule has 0 aromatic heterocycles. The van der Waals surface area contributed by atoms with Gasteiger partial charge in [0.2, 0.25) is 10.0 Å². The Hall–Kier alpha value is -2.32. The Balaban J connectivity index is 2.21. The Kier molecular flexibility index (Phi) is 3.83. The van der Waals surface area contributed by atoms with Crippen molar-refractivity contribution in [1.82, 2.24) is 0 Å². The molecule has 0 saturated heterocycles. The van der Waals surface area contributed by atoms with E-state index in [0.29, 0.717) is 16.8 Å². The van der Waals surface area contributed by atoms with Gasteiger partial charge in [-0.05, 0) is 17.7 Å². The summed E-state index contributed by atoms with van der Waals surface area (Å²) in [6.45, 7) is 0. The van der Waals surface area contributed by atoms with Crippen LogP contribution in [-0.4, -0.2) is 8.42 Å². The third-order valence-corrected chi connectivity index (χ3v) is 3.76. The highest BCUT2D eigenvalue weighted by Gasteiger charge is 2.13. The summed E-state index contributed by atoms with van der Waals surface area (Å²) in [4.78, 5) is 0. The second-order valence-electron chi connectivity index (χ2n) is 4.00. The molecule has 0 fully saturated rings. The van der Waals surface area contributed by atoms with Crippen LogP contribution in [0.2, 0.25) is 0 Å². The van der Waals surface area contributed by atoms with Gasteiger partial charge in [0.05, 0.1) is 17.0 Å². The molecule has 2 aromatic rings. The normalized spacial score (nSPS) is 10.7. The summed E-state index contributed by atoms with van der Waals surface area (Å²) in [6.07, 6.45) is 0. The van der Waals surface area contributed by atoms with Crippen LogP contribution >= 0.6 is 0 Å². The van der Waals surface area contributed by atoms with Gasteiger partial charge in [-0.25, -0.2) is 8.42 Å². The number of hydrogen-bond donors (Lipinski definition) is 1. The molecular formula is C14H12N2O2S. The van der Waals surface area contributed by atoms with Crippen LogP contribution in [0.4, 0.5) is 5.69 Å². The number of nitrogens with one attached hydrogen (secondary N) is 1. The van der Waals surface area contributed by atoms with E-state index >= 15 is 0 Å². The van der Waals surface area contributed by atoms with Crippen LogP contribution in [-0.2, 0) is 15.8 Å². The van der Waals surface area contributed by atoms with Gasteiger partial charge in [0.1, 0.15) is 6.07 Å². The summed E-state index contributed by atoms with van der Waals surface area (Å²) in [5.74, 6) is -0.117. The maximum absolute atomic E-state index is 12.0. The van der Waals surface area contributed by atoms with E-state index in [1.165, 1.54) is 0 Å². The Bertz CT molecular complexity index is 704. The lowest BCUT2D eigenvalue weighted by Crippen LogP contribution is -2.15. The van der Waals surface area contributed by atoms with Gasteiger partial charge < -0.3 is 0 Å². The molecule has 2 aromatic carbocycles. The SMILES string of the molecule is N#Cc1ccccc1NS(=O)(=O)Cc1ccccc1. The van der Waals surface area contributed by atoms with Crippen LogP contribution in [0.5, 0.6) is 0 Å². The predicted octanol–water partition coefficient (Wildman–Crippen LogP) is 2.50. The van der Waals surface area contributed by atoms with Gasteiger partial charge in [-0.15, -0.1) is 0 Å². The van der Waals surface area contributed by atoms with Crippen LogP contribution in [0.15, 0.2) is 54.6 Å². The highest BCUT2D eigenvalue weighted by molar-refractivity contribution is 7.91. The number of anilines is 1. The molecule has 1 N–H and O–H groups in total. The van der Waals surface area contributed by atoms with E-state index in [0.717, 1.165) is 0 Å². The van der Waals surface area contributed by atoms with Gasteiger partial charge in [0.25, 0.3) is 0 Å². The third kappa shape index (κ3) is 3.57. The van der Waals surface area contributed by atoms with Crippen molar-refractivity contribution in [2.45, 2.75) is 5.75 Å². The average molecular weight is 272 g/mol. The molecule has 0 atom stereocenters. The molecule has 0 spiro atoms. The van der Waals surface area contributed by atoms with E-state index in [2.05, 4.69) is 4.72 Å². The molecule has 0 heterocycles. The van der Waals surface area contributed by atoms with Crippen molar-refractivity contribution < 1.29 is 8.42 Å². The molecular weight excluding hydrogens is 260 g/mol. The highest BCUT2D eigenvalue weighted by Crippen LogP contribution is 2.17. The molecule has 96 valence electrons. The highest BCUT2D eigenvalue weighted by atomic mass is 32.2. The van der Waals surface area contributed by atoms with Crippen LogP contribution in [0.3, 0.4) is 0 Å². The Morgan fingerprint density at radius 1 is 1.00 bits per heavy atom. The van der Waals surface area contributed by atoms with Gasteiger partial charge in [-0.3, -0.25) is 4.72 Å². The summed E-state index contributed by atoms with van der Waals surface area (Å²) in [5, 5.41) is 8.92. The zero-order valence-corrected chi connectivity index (χ0v) is 10.9. The number of nitrogens with zero attached hydrogens (tertiary/aromatic N) is 1. The third-order valence-electron chi connectivity index (χ3n) is 2.51. The minimum Gasteiger partial charge on any atom is -0.282 e. The number of rotatable bonds is 4. The topological polar surface area (TPSA) is 70.0 Å². The van der Waals surface area contributed by atoms with E-state index in [4.69, 9.17) is 5.26 Å². The van der Waals surface area contributed by atoms with Gasteiger partial charge in [-0.1, -0.05) is 42.5 Å². The Morgan fingerprint density at radius 3 is 2.32 bits per heavy atom. The standard InChI is InChI=1S/C14H12N2O2S/c15-10-13-8-4-5-9-14(13)16-19(17,18)11-12-6-2-1-3-7-12/h1-9,16H,11H2. The predicted molar refractivity (Wildman–Crippen MR) is 73.8 cm³/mol. The molecule has 2 rings (SSSR count). The second-order valence-corrected chi connectivity index (χ2v) is 5.73. The van der Waals surface area contributed by atoms with Crippen LogP contribution in [0.25, 0.3) is 0 Å². The number of sulfonamides is 1. The van der Waals surface area contributed by atoms with Crippen molar-refractivity contribution in [2.75, 3.05) is 4.72 Å². The summed E-state index contributed by atoms with van der Waals surface area (Å²) in [6, 6.07) is 17.4. The zero-order valence-electron chi connectivity index (χ0n) is 10.1. The second kappa shape index (κ2) is 5.55. The van der Waals surface area contributed by atoms with Crippen LogP contribution in [0, 0.1) is 11.3 Å². The van der Waals surface area contributed by atoms with Crippen LogP contribution in [0.1, 0.15) is 11.1 Å². The molecule has 0 aliphatic carbocycles. The fourth-order valence-corrected chi connectivity index (χ4v) is 2.88. The fourth-order valence-electron chi connectivity index (χ4n) is 1.67. The summed E-state index contributed by atoms with van der Waals surface area (Å²) < 4.78 is 26.5. The number of nitriles is 1. The summed E-state index contributed by atoms with van der Waals surface area (Å²) >= 11 is 0. The first-order chi connectivity index (χ1) is 9.11. The fraction of sp³-hybridized carbons (Fsp3) is 0.0714.